The predicted molar refractivity (Wildman–Crippen MR) is 119 cm³/mol. The Balaban J connectivity index is 1.46. The molecule has 2 heterocycles. The molecule has 2 aromatic heterocycles. The van der Waals surface area contributed by atoms with Crippen LogP contribution < -0.4 is 5.32 Å². The van der Waals surface area contributed by atoms with Gasteiger partial charge in [0.25, 0.3) is 0 Å². The van der Waals surface area contributed by atoms with E-state index in [0.717, 1.165) is 22.8 Å². The van der Waals surface area contributed by atoms with Crippen molar-refractivity contribution in [3.63, 3.8) is 0 Å². The molecule has 158 valence electrons. The maximum Gasteiger partial charge on any atom is 0.230 e. The monoisotopic (exact) mass is 435 g/mol. The van der Waals surface area contributed by atoms with Crippen molar-refractivity contribution in [1.82, 2.24) is 24.6 Å². The van der Waals surface area contributed by atoms with Crippen molar-refractivity contribution in [3.8, 4) is 5.69 Å². The summed E-state index contributed by atoms with van der Waals surface area (Å²) in [6, 6.07) is 20.0. The van der Waals surface area contributed by atoms with E-state index in [9.17, 15) is 9.18 Å². The first-order valence-electron chi connectivity index (χ1n) is 9.84. The molecule has 6 nitrogen and oxygen atoms in total. The van der Waals surface area contributed by atoms with E-state index in [0.29, 0.717) is 18.1 Å². The minimum absolute atomic E-state index is 0.124. The molecule has 0 saturated carbocycles. The Kier molecular flexibility index (Phi) is 6.47. The molecule has 0 aliphatic heterocycles. The van der Waals surface area contributed by atoms with Gasteiger partial charge in [0, 0.05) is 37.6 Å². The zero-order valence-electron chi connectivity index (χ0n) is 17.0. The van der Waals surface area contributed by atoms with Crippen LogP contribution in [-0.2, 0) is 24.8 Å². The van der Waals surface area contributed by atoms with E-state index >= 15 is 0 Å². The van der Waals surface area contributed by atoms with E-state index in [2.05, 4.69) is 26.1 Å². The Bertz CT molecular complexity index is 1150. The number of halogens is 1. The second kappa shape index (κ2) is 9.61. The highest BCUT2D eigenvalue weighted by Gasteiger charge is 2.17. The second-order valence-corrected chi connectivity index (χ2v) is 7.99. The van der Waals surface area contributed by atoms with Gasteiger partial charge in [-0.25, -0.2) is 4.39 Å². The summed E-state index contributed by atoms with van der Waals surface area (Å²) in [4.78, 5) is 12.3. The highest BCUT2D eigenvalue weighted by Crippen LogP contribution is 2.23. The van der Waals surface area contributed by atoms with Crippen LogP contribution in [0.25, 0.3) is 5.69 Å². The van der Waals surface area contributed by atoms with E-state index in [1.807, 2.05) is 54.2 Å². The molecular weight excluding hydrogens is 413 g/mol. The molecule has 0 radical (unpaired) electrons. The fraction of sp³-hybridized carbons (Fsp3) is 0.174. The average molecular weight is 436 g/mol. The van der Waals surface area contributed by atoms with E-state index < -0.39 is 0 Å². The highest BCUT2D eigenvalue weighted by molar-refractivity contribution is 7.99. The Labute approximate surface area is 184 Å². The summed E-state index contributed by atoms with van der Waals surface area (Å²) in [7, 11) is 2.00. The molecule has 0 aliphatic carbocycles. The van der Waals surface area contributed by atoms with Gasteiger partial charge in [0.1, 0.15) is 11.6 Å². The van der Waals surface area contributed by atoms with Gasteiger partial charge in [0.2, 0.25) is 5.91 Å². The van der Waals surface area contributed by atoms with Gasteiger partial charge < -0.3 is 9.88 Å². The molecule has 0 aliphatic rings. The number of hydrogen-bond acceptors (Lipinski definition) is 4. The minimum atomic E-state index is -0.294. The number of nitrogens with one attached hydrogen (secondary N) is 1. The third-order valence-electron chi connectivity index (χ3n) is 4.84. The first kappa shape index (κ1) is 20.9. The standard InChI is InChI=1S/C23H22FN5OS/c1-28-13-5-8-20(28)14-21-26-27-23(29(21)19-6-3-2-4-7-19)31-16-22(30)25-15-17-9-11-18(24)12-10-17/h2-13H,14-16H2,1H3,(H,25,30). The number of thioether (sulfide) groups is 1. The predicted octanol–water partition coefficient (Wildman–Crippen LogP) is 3.74. The normalized spacial score (nSPS) is 10.9. The number of amides is 1. The van der Waals surface area contributed by atoms with Crippen molar-refractivity contribution in [2.24, 2.45) is 7.05 Å². The maximum absolute atomic E-state index is 13.0. The second-order valence-electron chi connectivity index (χ2n) is 7.05. The lowest BCUT2D eigenvalue weighted by Crippen LogP contribution is -2.24. The number of benzene rings is 2. The number of nitrogens with zero attached hydrogens (tertiary/aromatic N) is 4. The lowest BCUT2D eigenvalue weighted by atomic mass is 10.2. The van der Waals surface area contributed by atoms with E-state index in [1.165, 1.54) is 23.9 Å². The van der Waals surface area contributed by atoms with Gasteiger partial charge >= 0.3 is 0 Å². The third kappa shape index (κ3) is 5.21. The van der Waals surface area contributed by atoms with E-state index in [-0.39, 0.29) is 17.5 Å². The number of aromatic nitrogens is 4. The molecule has 0 fully saturated rings. The van der Waals surface area contributed by atoms with Crippen molar-refractivity contribution in [2.45, 2.75) is 18.1 Å². The van der Waals surface area contributed by atoms with Crippen LogP contribution in [0.3, 0.4) is 0 Å². The number of carbonyl (C=O) groups excluding carboxylic acids is 1. The van der Waals surface area contributed by atoms with Crippen LogP contribution in [0.5, 0.6) is 0 Å². The highest BCUT2D eigenvalue weighted by atomic mass is 32.2. The van der Waals surface area contributed by atoms with Crippen molar-refractivity contribution in [3.05, 3.63) is 95.8 Å². The van der Waals surface area contributed by atoms with Crippen LogP contribution in [0.2, 0.25) is 0 Å². The lowest BCUT2D eigenvalue weighted by molar-refractivity contribution is -0.118. The Hall–Kier alpha value is -3.39. The molecule has 31 heavy (non-hydrogen) atoms. The number of carbonyl (C=O) groups is 1. The Morgan fingerprint density at radius 2 is 1.81 bits per heavy atom. The Morgan fingerprint density at radius 3 is 2.52 bits per heavy atom. The topological polar surface area (TPSA) is 64.7 Å². The molecule has 2 aromatic carbocycles. The smallest absolute Gasteiger partial charge is 0.230 e. The molecule has 0 spiro atoms. The van der Waals surface area contributed by atoms with E-state index in [1.54, 1.807) is 12.1 Å². The molecule has 1 amide bonds. The first-order chi connectivity index (χ1) is 15.1. The summed E-state index contributed by atoms with van der Waals surface area (Å²) in [5, 5.41) is 12.3. The minimum Gasteiger partial charge on any atom is -0.354 e. The van der Waals surface area contributed by atoms with Gasteiger partial charge in [-0.3, -0.25) is 9.36 Å². The maximum atomic E-state index is 13.0. The number of aryl methyl sites for hydroxylation is 1. The van der Waals surface area contributed by atoms with Gasteiger partial charge in [-0.2, -0.15) is 0 Å². The molecule has 0 atom stereocenters. The van der Waals surface area contributed by atoms with Gasteiger partial charge in [-0.1, -0.05) is 42.1 Å². The van der Waals surface area contributed by atoms with Crippen LogP contribution >= 0.6 is 11.8 Å². The zero-order valence-corrected chi connectivity index (χ0v) is 17.8. The average Bonchev–Trinajstić information content (AvgIpc) is 3.38. The lowest BCUT2D eigenvalue weighted by Gasteiger charge is -2.11. The molecule has 0 unspecified atom stereocenters. The number of rotatable bonds is 8. The largest absolute Gasteiger partial charge is 0.354 e. The fourth-order valence-corrected chi connectivity index (χ4v) is 3.97. The molecular formula is C23H22FN5OS. The van der Waals surface area contributed by atoms with Crippen molar-refractivity contribution < 1.29 is 9.18 Å². The van der Waals surface area contributed by atoms with Crippen LogP contribution in [0.15, 0.2) is 78.1 Å². The van der Waals surface area contributed by atoms with Crippen molar-refractivity contribution >= 4 is 17.7 Å². The summed E-state index contributed by atoms with van der Waals surface area (Å²) in [5.74, 6) is 0.594. The summed E-state index contributed by atoms with van der Waals surface area (Å²) < 4.78 is 17.1. The van der Waals surface area contributed by atoms with Crippen LogP contribution in [0.1, 0.15) is 17.1 Å². The molecule has 8 heteroatoms. The molecule has 1 N–H and O–H groups in total. The van der Waals surface area contributed by atoms with Gasteiger partial charge in [-0.15, -0.1) is 10.2 Å². The van der Waals surface area contributed by atoms with Crippen molar-refractivity contribution in [2.75, 3.05) is 5.75 Å². The molecule has 0 saturated heterocycles. The van der Waals surface area contributed by atoms with E-state index in [4.69, 9.17) is 0 Å². The summed E-state index contributed by atoms with van der Waals surface area (Å²) in [6.45, 7) is 0.351. The number of hydrogen-bond donors (Lipinski definition) is 1. The summed E-state index contributed by atoms with van der Waals surface area (Å²) in [5.41, 5.74) is 2.92. The van der Waals surface area contributed by atoms with Gasteiger partial charge in [0.05, 0.1) is 5.75 Å². The molecule has 0 bridgehead atoms. The van der Waals surface area contributed by atoms with Crippen LogP contribution in [0, 0.1) is 5.82 Å². The molecule has 4 rings (SSSR count). The van der Waals surface area contributed by atoms with Gasteiger partial charge in [-0.05, 0) is 42.0 Å². The summed E-state index contributed by atoms with van der Waals surface area (Å²) >= 11 is 1.34. The van der Waals surface area contributed by atoms with Crippen LogP contribution in [-0.4, -0.2) is 31.0 Å². The fourth-order valence-electron chi connectivity index (χ4n) is 3.17. The van der Waals surface area contributed by atoms with Crippen molar-refractivity contribution in [1.29, 1.82) is 0 Å². The summed E-state index contributed by atoms with van der Waals surface area (Å²) in [6.07, 6.45) is 2.63. The quantitative estimate of drug-likeness (QED) is 0.428. The first-order valence-corrected chi connectivity index (χ1v) is 10.8. The zero-order chi connectivity index (χ0) is 21.6. The van der Waals surface area contributed by atoms with Crippen LogP contribution in [0.4, 0.5) is 4.39 Å². The van der Waals surface area contributed by atoms with Gasteiger partial charge in [0.15, 0.2) is 5.16 Å². The number of para-hydroxylation sites is 1. The molecule has 4 aromatic rings. The SMILES string of the molecule is Cn1cccc1Cc1nnc(SCC(=O)NCc2ccc(F)cc2)n1-c1ccccc1. The Morgan fingerprint density at radius 1 is 1.03 bits per heavy atom. The third-order valence-corrected chi connectivity index (χ3v) is 5.77.